The fraction of sp³-hybridized carbons (Fsp3) is 0.533. The quantitative estimate of drug-likeness (QED) is 0.776. The fourth-order valence-corrected chi connectivity index (χ4v) is 2.99. The number of amides is 1. The van der Waals surface area contributed by atoms with Gasteiger partial charge in [0.25, 0.3) is 5.91 Å². The molecule has 1 unspecified atom stereocenters. The Labute approximate surface area is 139 Å². The number of benzene rings is 1. The zero-order chi connectivity index (χ0) is 14.7. The van der Waals surface area contributed by atoms with Gasteiger partial charge in [-0.1, -0.05) is 11.6 Å². The molecule has 1 N–H and O–H groups in total. The number of carbonyl (C=O) groups excluding carboxylic acids is 1. The number of nitrogens with one attached hydrogen (secondary N) is 1. The zero-order valence-electron chi connectivity index (χ0n) is 11.8. The van der Waals surface area contributed by atoms with Crippen molar-refractivity contribution in [2.24, 2.45) is 0 Å². The predicted octanol–water partition coefficient (Wildman–Crippen LogP) is 3.55. The molecule has 1 aliphatic heterocycles. The Morgan fingerprint density at radius 3 is 2.85 bits per heavy atom. The number of rotatable bonds is 4. The standard InChI is InChI=1S/C15H20ClIN2O/c1-10(2)19(9-12-4-3-7-18-12)15(20)11-5-6-14(17)13(16)8-11/h5-6,8,10,12,18H,3-4,7,9H2,1-2H3. The second-order valence-corrected chi connectivity index (χ2v) is 7.04. The molecule has 0 spiro atoms. The highest BCUT2D eigenvalue weighted by Crippen LogP contribution is 2.21. The maximum absolute atomic E-state index is 12.7. The van der Waals surface area contributed by atoms with Crippen molar-refractivity contribution in [2.45, 2.75) is 38.8 Å². The molecule has 1 heterocycles. The van der Waals surface area contributed by atoms with Gasteiger partial charge in [0.15, 0.2) is 0 Å². The van der Waals surface area contributed by atoms with Gasteiger partial charge >= 0.3 is 0 Å². The van der Waals surface area contributed by atoms with Crippen LogP contribution in [-0.4, -0.2) is 36.0 Å². The van der Waals surface area contributed by atoms with Gasteiger partial charge in [-0.2, -0.15) is 0 Å². The topological polar surface area (TPSA) is 32.3 Å². The van der Waals surface area contributed by atoms with Gasteiger partial charge in [0.1, 0.15) is 0 Å². The Hall–Kier alpha value is -0.330. The highest BCUT2D eigenvalue weighted by Gasteiger charge is 2.24. The summed E-state index contributed by atoms with van der Waals surface area (Å²) in [5.74, 6) is 0.0620. The second-order valence-electron chi connectivity index (χ2n) is 5.47. The molecule has 1 amide bonds. The van der Waals surface area contributed by atoms with Gasteiger partial charge in [-0.15, -0.1) is 0 Å². The first-order chi connectivity index (χ1) is 9.49. The van der Waals surface area contributed by atoms with E-state index in [4.69, 9.17) is 11.6 Å². The molecule has 0 saturated carbocycles. The number of carbonyl (C=O) groups is 1. The van der Waals surface area contributed by atoms with E-state index in [0.717, 1.165) is 23.1 Å². The molecule has 1 saturated heterocycles. The van der Waals surface area contributed by atoms with Crippen LogP contribution < -0.4 is 5.32 Å². The molecular weight excluding hydrogens is 387 g/mol. The third-order valence-electron chi connectivity index (χ3n) is 3.63. The first kappa shape index (κ1) is 16.0. The van der Waals surface area contributed by atoms with Crippen molar-refractivity contribution in [3.8, 4) is 0 Å². The number of halogens is 2. The van der Waals surface area contributed by atoms with Crippen molar-refractivity contribution >= 4 is 40.1 Å². The maximum atomic E-state index is 12.7. The molecule has 0 aromatic heterocycles. The van der Waals surface area contributed by atoms with Gasteiger partial charge in [-0.05, 0) is 74.0 Å². The van der Waals surface area contributed by atoms with Crippen LogP contribution in [0, 0.1) is 3.57 Å². The lowest BCUT2D eigenvalue weighted by atomic mass is 10.1. The molecule has 0 aliphatic carbocycles. The van der Waals surface area contributed by atoms with Crippen LogP contribution in [0.2, 0.25) is 5.02 Å². The van der Waals surface area contributed by atoms with Crippen LogP contribution in [0.25, 0.3) is 0 Å². The van der Waals surface area contributed by atoms with Gasteiger partial charge in [-0.3, -0.25) is 4.79 Å². The van der Waals surface area contributed by atoms with E-state index in [1.54, 1.807) is 6.07 Å². The lowest BCUT2D eigenvalue weighted by Gasteiger charge is -2.29. The van der Waals surface area contributed by atoms with E-state index in [1.165, 1.54) is 6.42 Å². The molecule has 1 aliphatic rings. The predicted molar refractivity (Wildman–Crippen MR) is 91.4 cm³/mol. The van der Waals surface area contributed by atoms with Crippen molar-refractivity contribution < 1.29 is 4.79 Å². The minimum atomic E-state index is 0.0620. The molecule has 1 aromatic carbocycles. The molecule has 20 heavy (non-hydrogen) atoms. The molecule has 5 heteroatoms. The van der Waals surface area contributed by atoms with E-state index in [1.807, 2.05) is 17.0 Å². The molecule has 1 fully saturated rings. The SMILES string of the molecule is CC(C)N(CC1CCCN1)C(=O)c1ccc(I)c(Cl)c1. The van der Waals surface area contributed by atoms with Crippen LogP contribution in [-0.2, 0) is 0 Å². The van der Waals surface area contributed by atoms with Crippen LogP contribution in [0.15, 0.2) is 18.2 Å². The van der Waals surface area contributed by atoms with Gasteiger partial charge in [0.2, 0.25) is 0 Å². The smallest absolute Gasteiger partial charge is 0.254 e. The Balaban J connectivity index is 2.15. The van der Waals surface area contributed by atoms with Gasteiger partial charge in [0, 0.05) is 27.8 Å². The van der Waals surface area contributed by atoms with Gasteiger partial charge in [-0.25, -0.2) is 0 Å². The van der Waals surface area contributed by atoms with E-state index in [2.05, 4.69) is 41.8 Å². The van der Waals surface area contributed by atoms with E-state index in [0.29, 0.717) is 16.6 Å². The third kappa shape index (κ3) is 3.86. The third-order valence-corrected chi connectivity index (χ3v) is 5.20. The molecule has 0 radical (unpaired) electrons. The monoisotopic (exact) mass is 406 g/mol. The summed E-state index contributed by atoms with van der Waals surface area (Å²) < 4.78 is 0.967. The van der Waals surface area contributed by atoms with Crippen LogP contribution in [0.1, 0.15) is 37.0 Å². The lowest BCUT2D eigenvalue weighted by Crippen LogP contribution is -2.44. The molecule has 0 bridgehead atoms. The zero-order valence-corrected chi connectivity index (χ0v) is 14.7. The van der Waals surface area contributed by atoms with Crippen LogP contribution in [0.5, 0.6) is 0 Å². The summed E-state index contributed by atoms with van der Waals surface area (Å²) >= 11 is 8.29. The Morgan fingerprint density at radius 2 is 2.30 bits per heavy atom. The summed E-state index contributed by atoms with van der Waals surface area (Å²) in [5.41, 5.74) is 0.669. The Bertz CT molecular complexity index is 487. The molecule has 1 atom stereocenters. The summed E-state index contributed by atoms with van der Waals surface area (Å²) in [6.07, 6.45) is 2.34. The summed E-state index contributed by atoms with van der Waals surface area (Å²) in [6.45, 7) is 5.93. The maximum Gasteiger partial charge on any atom is 0.254 e. The number of hydrogen-bond acceptors (Lipinski definition) is 2. The molecule has 2 rings (SSSR count). The van der Waals surface area contributed by atoms with Crippen molar-refractivity contribution in [1.29, 1.82) is 0 Å². The largest absolute Gasteiger partial charge is 0.335 e. The number of hydrogen-bond donors (Lipinski definition) is 1. The van der Waals surface area contributed by atoms with Crippen molar-refractivity contribution in [3.63, 3.8) is 0 Å². The van der Waals surface area contributed by atoms with E-state index in [-0.39, 0.29) is 11.9 Å². The lowest BCUT2D eigenvalue weighted by molar-refractivity contribution is 0.0689. The first-order valence-corrected chi connectivity index (χ1v) is 8.44. The normalized spacial score (nSPS) is 18.6. The Kier molecular flexibility index (Phi) is 5.69. The Morgan fingerprint density at radius 1 is 1.55 bits per heavy atom. The average Bonchev–Trinajstić information content (AvgIpc) is 2.91. The van der Waals surface area contributed by atoms with E-state index >= 15 is 0 Å². The first-order valence-electron chi connectivity index (χ1n) is 6.98. The molecule has 110 valence electrons. The van der Waals surface area contributed by atoms with Gasteiger partial charge in [0.05, 0.1) is 5.02 Å². The highest BCUT2D eigenvalue weighted by atomic mass is 127. The van der Waals surface area contributed by atoms with Crippen molar-refractivity contribution in [3.05, 3.63) is 32.4 Å². The van der Waals surface area contributed by atoms with Crippen molar-refractivity contribution in [2.75, 3.05) is 13.1 Å². The minimum Gasteiger partial charge on any atom is -0.335 e. The number of nitrogens with zero attached hydrogens (tertiary/aromatic N) is 1. The summed E-state index contributed by atoms with van der Waals surface area (Å²) in [5, 5.41) is 4.09. The van der Waals surface area contributed by atoms with Crippen LogP contribution in [0.4, 0.5) is 0 Å². The summed E-state index contributed by atoms with van der Waals surface area (Å²) in [7, 11) is 0. The highest BCUT2D eigenvalue weighted by molar-refractivity contribution is 14.1. The fourth-order valence-electron chi connectivity index (χ4n) is 2.47. The van der Waals surface area contributed by atoms with Gasteiger partial charge < -0.3 is 10.2 Å². The molecule has 3 nitrogen and oxygen atoms in total. The molecular formula is C15H20ClIN2O. The summed E-state index contributed by atoms with van der Waals surface area (Å²) in [6, 6.07) is 6.11. The van der Waals surface area contributed by atoms with Crippen LogP contribution >= 0.6 is 34.2 Å². The minimum absolute atomic E-state index is 0.0620. The molecule has 1 aromatic rings. The second kappa shape index (κ2) is 7.09. The average molecular weight is 407 g/mol. The van der Waals surface area contributed by atoms with E-state index in [9.17, 15) is 4.79 Å². The van der Waals surface area contributed by atoms with Crippen LogP contribution in [0.3, 0.4) is 0 Å². The van der Waals surface area contributed by atoms with Crippen molar-refractivity contribution in [1.82, 2.24) is 10.2 Å². The van der Waals surface area contributed by atoms with E-state index < -0.39 is 0 Å². The summed E-state index contributed by atoms with van der Waals surface area (Å²) in [4.78, 5) is 14.6.